The van der Waals surface area contributed by atoms with Crippen molar-refractivity contribution >= 4 is 17.6 Å². The highest BCUT2D eigenvalue weighted by Crippen LogP contribution is 2.24. The number of guanidine groups is 1. The molecule has 134 valence electrons. The molecule has 0 unspecified atom stereocenters. The van der Waals surface area contributed by atoms with E-state index in [4.69, 9.17) is 21.1 Å². The molecule has 0 aliphatic heterocycles. The van der Waals surface area contributed by atoms with E-state index in [1.54, 1.807) is 21.3 Å². The van der Waals surface area contributed by atoms with Crippen LogP contribution in [0.1, 0.15) is 11.1 Å². The molecular weight excluding hydrogens is 338 g/mol. The number of methoxy groups -OCH3 is 2. The lowest BCUT2D eigenvalue weighted by Gasteiger charge is -2.14. The third-order valence-corrected chi connectivity index (χ3v) is 3.98. The van der Waals surface area contributed by atoms with Gasteiger partial charge in [0.1, 0.15) is 11.5 Å². The molecule has 6 heteroatoms. The fraction of sp³-hybridized carbons (Fsp3) is 0.316. The van der Waals surface area contributed by atoms with Crippen molar-refractivity contribution in [1.82, 2.24) is 10.6 Å². The summed E-state index contributed by atoms with van der Waals surface area (Å²) in [6, 6.07) is 13.5. The first-order valence-corrected chi connectivity index (χ1v) is 8.44. The lowest BCUT2D eigenvalue weighted by atomic mass is 10.1. The summed E-state index contributed by atoms with van der Waals surface area (Å²) >= 11 is 6.00. The van der Waals surface area contributed by atoms with Crippen molar-refractivity contribution in [1.29, 1.82) is 0 Å². The standard InChI is InChI=1S/C19H24ClN3O2/c1-21-19(23-13-14-5-4-6-16(20)11-14)22-10-9-15-12-17(24-2)7-8-18(15)25-3/h4-8,11-12H,9-10,13H2,1-3H3,(H2,21,22,23). The van der Waals surface area contributed by atoms with Crippen LogP contribution in [0.2, 0.25) is 5.02 Å². The Balaban J connectivity index is 1.87. The maximum atomic E-state index is 6.00. The third-order valence-electron chi connectivity index (χ3n) is 3.75. The maximum Gasteiger partial charge on any atom is 0.191 e. The number of nitrogens with zero attached hydrogens (tertiary/aromatic N) is 1. The molecule has 0 saturated heterocycles. The lowest BCUT2D eigenvalue weighted by molar-refractivity contribution is 0.398. The minimum absolute atomic E-state index is 0.655. The summed E-state index contributed by atoms with van der Waals surface area (Å²) < 4.78 is 10.7. The van der Waals surface area contributed by atoms with Gasteiger partial charge in [-0.1, -0.05) is 23.7 Å². The van der Waals surface area contributed by atoms with E-state index in [-0.39, 0.29) is 0 Å². The average Bonchev–Trinajstić information content (AvgIpc) is 2.64. The van der Waals surface area contributed by atoms with Gasteiger partial charge in [-0.2, -0.15) is 0 Å². The van der Waals surface area contributed by atoms with Gasteiger partial charge in [0.25, 0.3) is 0 Å². The third kappa shape index (κ3) is 5.87. The predicted molar refractivity (Wildman–Crippen MR) is 103 cm³/mol. The van der Waals surface area contributed by atoms with Crippen molar-refractivity contribution in [2.24, 2.45) is 4.99 Å². The molecule has 2 aromatic rings. The molecule has 2 N–H and O–H groups in total. The molecule has 0 aliphatic carbocycles. The number of nitrogens with one attached hydrogen (secondary N) is 2. The first-order valence-electron chi connectivity index (χ1n) is 8.06. The number of ether oxygens (including phenoxy) is 2. The normalized spacial score (nSPS) is 11.1. The first kappa shape index (κ1) is 18.9. The van der Waals surface area contributed by atoms with Crippen LogP contribution in [0, 0.1) is 0 Å². The summed E-state index contributed by atoms with van der Waals surface area (Å²) in [7, 11) is 5.08. The smallest absolute Gasteiger partial charge is 0.191 e. The van der Waals surface area contributed by atoms with Crippen molar-refractivity contribution < 1.29 is 9.47 Å². The minimum atomic E-state index is 0.655. The quantitative estimate of drug-likeness (QED) is 0.587. The van der Waals surface area contributed by atoms with E-state index < -0.39 is 0 Å². The zero-order valence-corrected chi connectivity index (χ0v) is 15.6. The number of aliphatic imine (C=N–C) groups is 1. The topological polar surface area (TPSA) is 54.9 Å². The Morgan fingerprint density at radius 1 is 1.08 bits per heavy atom. The molecule has 0 amide bonds. The highest BCUT2D eigenvalue weighted by Gasteiger charge is 2.06. The summed E-state index contributed by atoms with van der Waals surface area (Å²) in [6.45, 7) is 1.38. The summed E-state index contributed by atoms with van der Waals surface area (Å²) in [6.07, 6.45) is 0.790. The molecule has 0 aliphatic rings. The minimum Gasteiger partial charge on any atom is -0.497 e. The fourth-order valence-corrected chi connectivity index (χ4v) is 2.66. The summed E-state index contributed by atoms with van der Waals surface area (Å²) in [4.78, 5) is 4.24. The van der Waals surface area contributed by atoms with E-state index in [0.717, 1.165) is 46.6 Å². The SMILES string of the molecule is CN=C(NCCc1cc(OC)ccc1OC)NCc1cccc(Cl)c1. The fourth-order valence-electron chi connectivity index (χ4n) is 2.45. The number of halogens is 1. The van der Waals surface area contributed by atoms with E-state index in [0.29, 0.717) is 6.54 Å². The second-order valence-electron chi connectivity index (χ2n) is 5.41. The second kappa shape index (κ2) is 9.79. The molecule has 5 nitrogen and oxygen atoms in total. The second-order valence-corrected chi connectivity index (χ2v) is 5.85. The van der Waals surface area contributed by atoms with Crippen molar-refractivity contribution in [3.8, 4) is 11.5 Å². The van der Waals surface area contributed by atoms with Crippen molar-refractivity contribution in [3.05, 3.63) is 58.6 Å². The summed E-state index contributed by atoms with van der Waals surface area (Å²) in [5, 5.41) is 7.30. The number of rotatable bonds is 7. The summed E-state index contributed by atoms with van der Waals surface area (Å²) in [5.74, 6) is 2.41. The lowest BCUT2D eigenvalue weighted by Crippen LogP contribution is -2.37. The van der Waals surface area contributed by atoms with Gasteiger partial charge in [0.15, 0.2) is 5.96 Å². The monoisotopic (exact) mass is 361 g/mol. The molecule has 0 heterocycles. The van der Waals surface area contributed by atoms with Gasteiger partial charge in [0, 0.05) is 25.2 Å². The van der Waals surface area contributed by atoms with Crippen LogP contribution in [0.4, 0.5) is 0 Å². The van der Waals surface area contributed by atoms with Crippen LogP contribution in [-0.4, -0.2) is 33.8 Å². The van der Waals surface area contributed by atoms with Crippen molar-refractivity contribution in [2.45, 2.75) is 13.0 Å². The zero-order chi connectivity index (χ0) is 18.1. The Labute approximate surface area is 154 Å². The van der Waals surface area contributed by atoms with E-state index in [1.165, 1.54) is 0 Å². The van der Waals surface area contributed by atoms with E-state index >= 15 is 0 Å². The molecular formula is C19H24ClN3O2. The van der Waals surface area contributed by atoms with Crippen LogP contribution in [0.25, 0.3) is 0 Å². The Kier molecular flexibility index (Phi) is 7.41. The highest BCUT2D eigenvalue weighted by molar-refractivity contribution is 6.30. The van der Waals surface area contributed by atoms with Gasteiger partial charge >= 0.3 is 0 Å². The molecule has 2 aromatic carbocycles. The van der Waals surface area contributed by atoms with Gasteiger partial charge in [0.2, 0.25) is 0 Å². The van der Waals surface area contributed by atoms with Crippen LogP contribution >= 0.6 is 11.6 Å². The molecule has 0 aromatic heterocycles. The van der Waals surface area contributed by atoms with Gasteiger partial charge in [-0.25, -0.2) is 0 Å². The number of hydrogen-bond donors (Lipinski definition) is 2. The van der Waals surface area contributed by atoms with Crippen LogP contribution in [0.5, 0.6) is 11.5 Å². The van der Waals surface area contributed by atoms with Gasteiger partial charge < -0.3 is 20.1 Å². The van der Waals surface area contributed by atoms with E-state index in [9.17, 15) is 0 Å². The molecule has 25 heavy (non-hydrogen) atoms. The van der Waals surface area contributed by atoms with Gasteiger partial charge in [0.05, 0.1) is 14.2 Å². The van der Waals surface area contributed by atoms with Crippen LogP contribution in [0.3, 0.4) is 0 Å². The predicted octanol–water partition coefficient (Wildman–Crippen LogP) is 3.26. The average molecular weight is 362 g/mol. The maximum absolute atomic E-state index is 6.00. The molecule has 0 fully saturated rings. The van der Waals surface area contributed by atoms with Crippen LogP contribution in [-0.2, 0) is 13.0 Å². The molecule has 0 spiro atoms. The van der Waals surface area contributed by atoms with Crippen molar-refractivity contribution in [2.75, 3.05) is 27.8 Å². The largest absolute Gasteiger partial charge is 0.497 e. The summed E-state index contributed by atoms with van der Waals surface area (Å²) in [5.41, 5.74) is 2.18. The van der Waals surface area contributed by atoms with Crippen LogP contribution < -0.4 is 20.1 Å². The highest BCUT2D eigenvalue weighted by atomic mass is 35.5. The van der Waals surface area contributed by atoms with E-state index in [2.05, 4.69) is 15.6 Å². The van der Waals surface area contributed by atoms with Gasteiger partial charge in [-0.15, -0.1) is 0 Å². The Morgan fingerprint density at radius 2 is 1.92 bits per heavy atom. The molecule has 0 bridgehead atoms. The van der Waals surface area contributed by atoms with E-state index in [1.807, 2.05) is 42.5 Å². The molecule has 2 rings (SSSR count). The molecule has 0 atom stereocenters. The van der Waals surface area contributed by atoms with Crippen LogP contribution in [0.15, 0.2) is 47.5 Å². The van der Waals surface area contributed by atoms with Gasteiger partial charge in [-0.05, 0) is 47.9 Å². The van der Waals surface area contributed by atoms with Gasteiger partial charge in [-0.3, -0.25) is 4.99 Å². The Bertz CT molecular complexity index is 720. The zero-order valence-electron chi connectivity index (χ0n) is 14.8. The first-order chi connectivity index (χ1) is 12.2. The number of hydrogen-bond acceptors (Lipinski definition) is 3. The number of benzene rings is 2. The van der Waals surface area contributed by atoms with Crippen molar-refractivity contribution in [3.63, 3.8) is 0 Å². The molecule has 0 radical (unpaired) electrons. The Morgan fingerprint density at radius 3 is 2.60 bits per heavy atom. The molecule has 0 saturated carbocycles. The Hall–Kier alpha value is -2.40.